The van der Waals surface area contributed by atoms with Crippen molar-refractivity contribution in [3.63, 3.8) is 0 Å². The van der Waals surface area contributed by atoms with Gasteiger partial charge >= 0.3 is 5.97 Å². The standard InChI is InChI=1S/C13H13N5O3/c19-10(20)5-8-3-4-9(6-14-8)15-13(21)12-16-11(17-18-12)7-1-2-7/h3-4,6-7H,1-2,5H2,(H,15,21)(H,19,20)(H,16,17,18). The van der Waals surface area contributed by atoms with Gasteiger partial charge in [-0.1, -0.05) is 0 Å². The van der Waals surface area contributed by atoms with Crippen molar-refractivity contribution in [2.75, 3.05) is 5.32 Å². The molecular weight excluding hydrogens is 274 g/mol. The lowest BCUT2D eigenvalue weighted by Gasteiger charge is -2.02. The fourth-order valence-corrected chi connectivity index (χ4v) is 1.86. The molecule has 1 aliphatic rings. The van der Waals surface area contributed by atoms with Crippen LogP contribution in [-0.2, 0) is 11.2 Å². The molecule has 21 heavy (non-hydrogen) atoms. The molecule has 1 aliphatic carbocycles. The first-order valence-electron chi connectivity index (χ1n) is 6.52. The Morgan fingerprint density at radius 1 is 1.38 bits per heavy atom. The second-order valence-corrected chi connectivity index (χ2v) is 4.88. The number of carboxylic acid groups (broad SMARTS) is 1. The van der Waals surface area contributed by atoms with E-state index in [-0.39, 0.29) is 12.2 Å². The van der Waals surface area contributed by atoms with Crippen molar-refractivity contribution in [3.05, 3.63) is 35.7 Å². The predicted octanol–water partition coefficient (Wildman–Crippen LogP) is 0.957. The van der Waals surface area contributed by atoms with Crippen LogP contribution in [0.3, 0.4) is 0 Å². The summed E-state index contributed by atoms with van der Waals surface area (Å²) in [5, 5.41) is 17.9. The van der Waals surface area contributed by atoms with Crippen LogP contribution >= 0.6 is 0 Å². The minimum absolute atomic E-state index is 0.0894. The van der Waals surface area contributed by atoms with E-state index in [1.807, 2.05) is 0 Å². The highest BCUT2D eigenvalue weighted by molar-refractivity contribution is 6.01. The van der Waals surface area contributed by atoms with Gasteiger partial charge in [-0.15, -0.1) is 5.10 Å². The number of hydrogen-bond acceptors (Lipinski definition) is 5. The minimum Gasteiger partial charge on any atom is -0.481 e. The first kappa shape index (κ1) is 13.2. The van der Waals surface area contributed by atoms with Gasteiger partial charge in [-0.05, 0) is 25.0 Å². The van der Waals surface area contributed by atoms with Crippen molar-refractivity contribution in [1.82, 2.24) is 20.2 Å². The summed E-state index contributed by atoms with van der Waals surface area (Å²) in [5.41, 5.74) is 0.890. The smallest absolute Gasteiger partial charge is 0.309 e. The molecule has 8 nitrogen and oxygen atoms in total. The lowest BCUT2D eigenvalue weighted by atomic mass is 10.2. The molecule has 0 aromatic carbocycles. The number of H-pyrrole nitrogens is 1. The number of aromatic nitrogens is 4. The van der Waals surface area contributed by atoms with Crippen molar-refractivity contribution < 1.29 is 14.7 Å². The second-order valence-electron chi connectivity index (χ2n) is 4.88. The summed E-state index contributed by atoms with van der Waals surface area (Å²) in [5.74, 6) is -0.142. The monoisotopic (exact) mass is 287 g/mol. The number of amides is 1. The van der Waals surface area contributed by atoms with Crippen LogP contribution in [0.4, 0.5) is 5.69 Å². The van der Waals surface area contributed by atoms with Crippen molar-refractivity contribution in [2.24, 2.45) is 0 Å². The molecular formula is C13H13N5O3. The molecule has 0 atom stereocenters. The number of pyridine rings is 1. The molecule has 3 rings (SSSR count). The third kappa shape index (κ3) is 3.22. The van der Waals surface area contributed by atoms with Gasteiger partial charge in [0.15, 0.2) is 0 Å². The van der Waals surface area contributed by atoms with Gasteiger partial charge in [0, 0.05) is 5.92 Å². The largest absolute Gasteiger partial charge is 0.481 e. The number of aliphatic carboxylic acids is 1. The van der Waals surface area contributed by atoms with E-state index < -0.39 is 11.9 Å². The van der Waals surface area contributed by atoms with Crippen LogP contribution in [0.1, 0.15) is 40.9 Å². The Labute approximate surface area is 119 Å². The summed E-state index contributed by atoms with van der Waals surface area (Å²) < 4.78 is 0. The Kier molecular flexibility index (Phi) is 3.35. The molecule has 2 heterocycles. The maximum absolute atomic E-state index is 12.0. The van der Waals surface area contributed by atoms with Gasteiger partial charge < -0.3 is 10.4 Å². The molecule has 2 aromatic rings. The van der Waals surface area contributed by atoms with Crippen LogP contribution in [0.15, 0.2) is 18.3 Å². The van der Waals surface area contributed by atoms with Crippen LogP contribution in [0.5, 0.6) is 0 Å². The van der Waals surface area contributed by atoms with Crippen LogP contribution in [0.25, 0.3) is 0 Å². The quantitative estimate of drug-likeness (QED) is 0.753. The summed E-state index contributed by atoms with van der Waals surface area (Å²) in [4.78, 5) is 30.6. The Morgan fingerprint density at radius 2 is 2.19 bits per heavy atom. The summed E-state index contributed by atoms with van der Waals surface area (Å²) >= 11 is 0. The van der Waals surface area contributed by atoms with Crippen LogP contribution < -0.4 is 5.32 Å². The molecule has 0 saturated heterocycles. The Hall–Kier alpha value is -2.77. The van der Waals surface area contributed by atoms with E-state index in [9.17, 15) is 9.59 Å². The molecule has 0 bridgehead atoms. The molecule has 8 heteroatoms. The van der Waals surface area contributed by atoms with Crippen molar-refractivity contribution in [3.8, 4) is 0 Å². The topological polar surface area (TPSA) is 121 Å². The zero-order chi connectivity index (χ0) is 14.8. The van der Waals surface area contributed by atoms with Gasteiger partial charge in [0.25, 0.3) is 5.91 Å². The molecule has 0 radical (unpaired) electrons. The van der Waals surface area contributed by atoms with E-state index in [1.165, 1.54) is 6.20 Å². The average molecular weight is 287 g/mol. The average Bonchev–Trinajstić information content (AvgIpc) is 3.18. The first-order chi connectivity index (χ1) is 10.1. The number of hydrogen-bond donors (Lipinski definition) is 3. The highest BCUT2D eigenvalue weighted by Gasteiger charge is 2.28. The molecule has 108 valence electrons. The van der Waals surface area contributed by atoms with Gasteiger partial charge in [-0.2, -0.15) is 0 Å². The van der Waals surface area contributed by atoms with Gasteiger partial charge in [0.1, 0.15) is 5.82 Å². The van der Waals surface area contributed by atoms with Crippen LogP contribution in [0.2, 0.25) is 0 Å². The summed E-state index contributed by atoms with van der Waals surface area (Å²) in [6.45, 7) is 0. The van der Waals surface area contributed by atoms with E-state index in [4.69, 9.17) is 5.11 Å². The van der Waals surface area contributed by atoms with Crippen LogP contribution in [0, 0.1) is 0 Å². The minimum atomic E-state index is -0.951. The van der Waals surface area contributed by atoms with E-state index in [1.54, 1.807) is 12.1 Å². The number of anilines is 1. The second kappa shape index (κ2) is 5.31. The maximum atomic E-state index is 12.0. The number of carboxylic acids is 1. The lowest BCUT2D eigenvalue weighted by molar-refractivity contribution is -0.136. The van der Waals surface area contributed by atoms with E-state index in [0.717, 1.165) is 18.7 Å². The highest BCUT2D eigenvalue weighted by atomic mass is 16.4. The molecule has 1 saturated carbocycles. The van der Waals surface area contributed by atoms with E-state index in [2.05, 4.69) is 25.5 Å². The molecule has 2 aromatic heterocycles. The Bertz CT molecular complexity index is 675. The Morgan fingerprint density at radius 3 is 2.81 bits per heavy atom. The third-order valence-corrected chi connectivity index (χ3v) is 3.08. The zero-order valence-corrected chi connectivity index (χ0v) is 11.0. The number of rotatable bonds is 5. The number of nitrogens with one attached hydrogen (secondary N) is 2. The van der Waals surface area contributed by atoms with Gasteiger partial charge in [-0.25, -0.2) is 4.98 Å². The fourth-order valence-electron chi connectivity index (χ4n) is 1.86. The maximum Gasteiger partial charge on any atom is 0.309 e. The lowest BCUT2D eigenvalue weighted by Crippen LogP contribution is -2.14. The van der Waals surface area contributed by atoms with Gasteiger partial charge in [0.05, 0.1) is 24.0 Å². The predicted molar refractivity (Wildman–Crippen MR) is 71.9 cm³/mol. The van der Waals surface area contributed by atoms with Crippen molar-refractivity contribution in [1.29, 1.82) is 0 Å². The van der Waals surface area contributed by atoms with Crippen molar-refractivity contribution in [2.45, 2.75) is 25.2 Å². The van der Waals surface area contributed by atoms with Gasteiger partial charge in [0.2, 0.25) is 5.82 Å². The number of carbonyl (C=O) groups excluding carboxylic acids is 1. The number of aromatic amines is 1. The first-order valence-corrected chi connectivity index (χ1v) is 6.52. The zero-order valence-electron chi connectivity index (χ0n) is 11.0. The Balaban J connectivity index is 1.64. The molecule has 0 spiro atoms. The normalized spacial score (nSPS) is 13.9. The molecule has 0 aliphatic heterocycles. The van der Waals surface area contributed by atoms with Gasteiger partial charge in [-0.3, -0.25) is 19.7 Å². The highest BCUT2D eigenvalue weighted by Crippen LogP contribution is 2.37. The molecule has 1 amide bonds. The van der Waals surface area contributed by atoms with Crippen LogP contribution in [-0.4, -0.2) is 37.1 Å². The molecule has 1 fully saturated rings. The third-order valence-electron chi connectivity index (χ3n) is 3.08. The summed E-state index contributed by atoms with van der Waals surface area (Å²) in [6, 6.07) is 3.15. The SMILES string of the molecule is O=C(O)Cc1ccc(NC(=O)c2n[nH]c(C3CC3)n2)cn1. The fraction of sp³-hybridized carbons (Fsp3) is 0.308. The van der Waals surface area contributed by atoms with E-state index in [0.29, 0.717) is 17.3 Å². The molecule has 3 N–H and O–H groups in total. The number of nitrogens with zero attached hydrogens (tertiary/aromatic N) is 3. The van der Waals surface area contributed by atoms with Crippen molar-refractivity contribution >= 4 is 17.6 Å². The van der Waals surface area contributed by atoms with E-state index >= 15 is 0 Å². The molecule has 0 unspecified atom stereocenters. The summed E-state index contributed by atoms with van der Waals surface area (Å²) in [6.07, 6.45) is 3.40. The number of carbonyl (C=O) groups is 2. The summed E-state index contributed by atoms with van der Waals surface area (Å²) in [7, 11) is 0.